The lowest BCUT2D eigenvalue weighted by Crippen LogP contribution is -2.43. The molecule has 134 valence electrons. The van der Waals surface area contributed by atoms with Gasteiger partial charge in [-0.25, -0.2) is 0 Å². The molecule has 0 saturated carbocycles. The predicted octanol–water partition coefficient (Wildman–Crippen LogP) is 5.31. The fraction of sp³-hybridized carbons (Fsp3) is 0.286. The summed E-state index contributed by atoms with van der Waals surface area (Å²) in [4.78, 5) is 4.79. The maximum absolute atomic E-state index is 6.06. The van der Waals surface area contributed by atoms with Crippen molar-refractivity contribution in [3.8, 4) is 11.3 Å². The van der Waals surface area contributed by atoms with E-state index in [1.54, 1.807) is 0 Å². The molecule has 0 spiro atoms. The van der Waals surface area contributed by atoms with E-state index < -0.39 is 0 Å². The first-order valence-electron chi connectivity index (χ1n) is 9.14. The summed E-state index contributed by atoms with van der Waals surface area (Å²) in [5.41, 5.74) is 4.69. The summed E-state index contributed by atoms with van der Waals surface area (Å²) in [5.74, 6) is 1.08. The van der Waals surface area contributed by atoms with Gasteiger partial charge in [-0.2, -0.15) is 5.10 Å². The Morgan fingerprint density at radius 2 is 1.85 bits per heavy atom. The van der Waals surface area contributed by atoms with E-state index >= 15 is 0 Å². The van der Waals surface area contributed by atoms with Gasteiger partial charge in [-0.15, -0.1) is 0 Å². The monoisotopic (exact) mass is 366 g/mol. The molecule has 5 heteroatoms. The van der Waals surface area contributed by atoms with Crippen molar-refractivity contribution < 1.29 is 0 Å². The number of rotatable bonds is 5. The molecule has 1 aliphatic heterocycles. The standard InChI is InChI=1S/C21H23ClN4/c1-2-3-13-25-15-26(18-7-5-4-6-8-18)14-19-20(23-24-21(19)25)16-9-11-17(22)12-10-16/h4-12H,2-3,13-15H2,1H3,(H,23,24). The zero-order valence-electron chi connectivity index (χ0n) is 15.0. The molecule has 2 aromatic carbocycles. The number of benzene rings is 2. The number of nitrogens with zero attached hydrogens (tertiary/aromatic N) is 3. The molecular weight excluding hydrogens is 344 g/mol. The molecule has 0 aliphatic carbocycles. The van der Waals surface area contributed by atoms with Crippen LogP contribution >= 0.6 is 11.6 Å². The molecule has 4 nitrogen and oxygen atoms in total. The summed E-state index contributed by atoms with van der Waals surface area (Å²) in [6, 6.07) is 18.5. The number of aromatic nitrogens is 2. The quantitative estimate of drug-likeness (QED) is 0.664. The number of fused-ring (bicyclic) bond motifs is 1. The topological polar surface area (TPSA) is 35.2 Å². The lowest BCUT2D eigenvalue weighted by atomic mass is 10.0. The summed E-state index contributed by atoms with van der Waals surface area (Å²) in [7, 11) is 0. The molecule has 1 N–H and O–H groups in total. The number of aromatic amines is 1. The third kappa shape index (κ3) is 3.29. The van der Waals surface area contributed by atoms with Gasteiger partial charge in [-0.1, -0.05) is 55.3 Å². The zero-order valence-corrected chi connectivity index (χ0v) is 15.7. The molecule has 0 saturated heterocycles. The van der Waals surface area contributed by atoms with Crippen LogP contribution in [-0.4, -0.2) is 23.4 Å². The average Bonchev–Trinajstić information content (AvgIpc) is 3.11. The van der Waals surface area contributed by atoms with Gasteiger partial charge in [0.25, 0.3) is 0 Å². The molecule has 0 bridgehead atoms. The summed E-state index contributed by atoms with van der Waals surface area (Å²) in [6.45, 7) is 4.94. The first-order valence-corrected chi connectivity index (χ1v) is 9.52. The minimum atomic E-state index is 0.748. The largest absolute Gasteiger partial charge is 0.349 e. The Morgan fingerprint density at radius 1 is 1.08 bits per heavy atom. The van der Waals surface area contributed by atoms with Gasteiger partial charge in [0.2, 0.25) is 0 Å². The molecule has 0 unspecified atom stereocenters. The SMILES string of the molecule is CCCCN1CN(c2ccccc2)Cc2c1n[nH]c2-c1ccc(Cl)cc1. The fourth-order valence-corrected chi connectivity index (χ4v) is 3.60. The first kappa shape index (κ1) is 17.0. The van der Waals surface area contributed by atoms with E-state index in [4.69, 9.17) is 11.6 Å². The summed E-state index contributed by atoms with van der Waals surface area (Å²) < 4.78 is 0. The van der Waals surface area contributed by atoms with Crippen molar-refractivity contribution in [1.82, 2.24) is 10.2 Å². The van der Waals surface area contributed by atoms with Crippen LogP contribution in [0.25, 0.3) is 11.3 Å². The van der Waals surface area contributed by atoms with Crippen molar-refractivity contribution in [2.24, 2.45) is 0 Å². The second kappa shape index (κ2) is 7.42. The number of hydrogen-bond donors (Lipinski definition) is 1. The van der Waals surface area contributed by atoms with Gasteiger partial charge in [-0.05, 0) is 30.7 Å². The van der Waals surface area contributed by atoms with Gasteiger partial charge in [0, 0.05) is 28.4 Å². The van der Waals surface area contributed by atoms with Gasteiger partial charge in [-0.3, -0.25) is 5.10 Å². The van der Waals surface area contributed by atoms with Gasteiger partial charge in [0.1, 0.15) is 0 Å². The molecule has 0 atom stereocenters. The van der Waals surface area contributed by atoms with Crippen LogP contribution in [0.1, 0.15) is 25.3 Å². The molecule has 26 heavy (non-hydrogen) atoms. The number of hydrogen-bond acceptors (Lipinski definition) is 3. The average molecular weight is 367 g/mol. The van der Waals surface area contributed by atoms with Crippen LogP contribution in [0.2, 0.25) is 5.02 Å². The number of halogens is 1. The first-order chi connectivity index (χ1) is 12.8. The highest BCUT2D eigenvalue weighted by molar-refractivity contribution is 6.30. The Morgan fingerprint density at radius 3 is 2.58 bits per heavy atom. The third-order valence-corrected chi connectivity index (χ3v) is 5.12. The van der Waals surface area contributed by atoms with E-state index in [0.29, 0.717) is 0 Å². The molecule has 1 aliphatic rings. The fourth-order valence-electron chi connectivity index (χ4n) is 3.47. The van der Waals surface area contributed by atoms with E-state index in [2.05, 4.69) is 57.3 Å². The number of nitrogens with one attached hydrogen (secondary N) is 1. The van der Waals surface area contributed by atoms with Crippen molar-refractivity contribution in [2.45, 2.75) is 26.3 Å². The molecule has 1 aromatic heterocycles. The summed E-state index contributed by atoms with van der Waals surface area (Å²) in [5, 5.41) is 8.68. The van der Waals surface area contributed by atoms with Crippen molar-refractivity contribution >= 4 is 23.1 Å². The van der Waals surface area contributed by atoms with Crippen LogP contribution in [0.3, 0.4) is 0 Å². The van der Waals surface area contributed by atoms with Crippen LogP contribution < -0.4 is 9.80 Å². The van der Waals surface area contributed by atoms with Gasteiger partial charge in [0.05, 0.1) is 18.9 Å². The van der Waals surface area contributed by atoms with E-state index in [1.165, 1.54) is 17.7 Å². The number of para-hydroxylation sites is 1. The Hall–Kier alpha value is -2.46. The summed E-state index contributed by atoms with van der Waals surface area (Å²) >= 11 is 6.06. The second-order valence-electron chi connectivity index (χ2n) is 6.70. The number of unbranched alkanes of at least 4 members (excludes halogenated alkanes) is 1. The van der Waals surface area contributed by atoms with E-state index in [-0.39, 0.29) is 0 Å². The number of anilines is 2. The van der Waals surface area contributed by atoms with Crippen LogP contribution in [-0.2, 0) is 6.54 Å². The maximum Gasteiger partial charge on any atom is 0.157 e. The maximum atomic E-state index is 6.06. The predicted molar refractivity (Wildman–Crippen MR) is 109 cm³/mol. The van der Waals surface area contributed by atoms with Crippen molar-refractivity contribution in [2.75, 3.05) is 23.0 Å². The summed E-state index contributed by atoms with van der Waals surface area (Å²) in [6.07, 6.45) is 2.33. The van der Waals surface area contributed by atoms with Crippen LogP contribution in [0.5, 0.6) is 0 Å². The van der Waals surface area contributed by atoms with Crippen molar-refractivity contribution in [3.63, 3.8) is 0 Å². The molecule has 2 heterocycles. The van der Waals surface area contributed by atoms with E-state index in [1.807, 2.05) is 24.3 Å². The molecule has 0 radical (unpaired) electrons. The minimum absolute atomic E-state index is 0.748. The molecule has 0 amide bonds. The zero-order chi connectivity index (χ0) is 17.9. The van der Waals surface area contributed by atoms with Crippen molar-refractivity contribution in [3.05, 3.63) is 65.2 Å². The van der Waals surface area contributed by atoms with Gasteiger partial charge < -0.3 is 9.80 Å². The molecule has 0 fully saturated rings. The van der Waals surface area contributed by atoms with Crippen LogP contribution in [0, 0.1) is 0 Å². The van der Waals surface area contributed by atoms with Crippen molar-refractivity contribution in [1.29, 1.82) is 0 Å². The highest BCUT2D eigenvalue weighted by atomic mass is 35.5. The Bertz CT molecular complexity index is 857. The molecule has 3 aromatic rings. The van der Waals surface area contributed by atoms with Crippen LogP contribution in [0.4, 0.5) is 11.5 Å². The Labute approximate surface area is 159 Å². The smallest absolute Gasteiger partial charge is 0.157 e. The molecule has 4 rings (SSSR count). The highest BCUT2D eigenvalue weighted by Crippen LogP contribution is 2.35. The van der Waals surface area contributed by atoms with Crippen LogP contribution in [0.15, 0.2) is 54.6 Å². The van der Waals surface area contributed by atoms with E-state index in [9.17, 15) is 0 Å². The highest BCUT2D eigenvalue weighted by Gasteiger charge is 2.28. The lowest BCUT2D eigenvalue weighted by Gasteiger charge is -2.37. The normalized spacial score (nSPS) is 13.8. The second-order valence-corrected chi connectivity index (χ2v) is 7.14. The van der Waals surface area contributed by atoms with Gasteiger partial charge in [0.15, 0.2) is 5.82 Å². The number of H-pyrrole nitrogens is 1. The lowest BCUT2D eigenvalue weighted by molar-refractivity contribution is 0.648. The Balaban J connectivity index is 1.72. The third-order valence-electron chi connectivity index (χ3n) is 4.87. The molecular formula is C21H23ClN4. The van der Waals surface area contributed by atoms with E-state index in [0.717, 1.165) is 48.3 Å². The van der Waals surface area contributed by atoms with Gasteiger partial charge >= 0.3 is 0 Å². The Kier molecular flexibility index (Phi) is 4.85. The minimum Gasteiger partial charge on any atom is -0.349 e.